The first-order valence-corrected chi connectivity index (χ1v) is 10.3. The molecule has 2 atom stereocenters. The van der Waals surface area contributed by atoms with E-state index in [-0.39, 0.29) is 17.9 Å². The quantitative estimate of drug-likeness (QED) is 0.598. The molecule has 0 saturated carbocycles. The molecule has 2 aliphatic rings. The Kier molecular flexibility index (Phi) is 4.66. The van der Waals surface area contributed by atoms with Crippen molar-refractivity contribution in [2.45, 2.75) is 25.9 Å². The van der Waals surface area contributed by atoms with E-state index in [0.717, 1.165) is 36.7 Å². The fraction of sp³-hybridized carbons (Fsp3) is 0.304. The third-order valence-electron chi connectivity index (χ3n) is 6.20. The summed E-state index contributed by atoms with van der Waals surface area (Å²) in [5, 5.41) is 9.34. The van der Waals surface area contributed by atoms with Crippen LogP contribution >= 0.6 is 0 Å². The molecule has 0 spiro atoms. The fourth-order valence-electron chi connectivity index (χ4n) is 4.62. The summed E-state index contributed by atoms with van der Waals surface area (Å²) >= 11 is 0. The lowest BCUT2D eigenvalue weighted by Crippen LogP contribution is -2.54. The molecule has 0 N–H and O–H groups in total. The normalized spacial score (nSPS) is 22.1. The topological polar surface area (TPSA) is 71.7 Å². The standard InChI is InChI=1S/C23H22FN7/c1-15-5-3-4-6-20(15)31-16(2)21-13-29(9-10-30(21)23(31)27-14-25)22-12-26-19-11-17(24)7-8-18(19)28-22/h3-8,11-12,16,21H,9-10,13H2,1-2H3. The van der Waals surface area contributed by atoms with E-state index >= 15 is 0 Å². The fourth-order valence-corrected chi connectivity index (χ4v) is 4.62. The molecule has 1 aromatic heterocycles. The van der Waals surface area contributed by atoms with Crippen LogP contribution in [-0.4, -0.2) is 52.5 Å². The second-order valence-electron chi connectivity index (χ2n) is 7.98. The molecule has 3 aromatic rings. The zero-order chi connectivity index (χ0) is 21.5. The molecule has 8 heteroatoms. The van der Waals surface area contributed by atoms with E-state index in [1.54, 1.807) is 12.3 Å². The number of hydrogen-bond donors (Lipinski definition) is 0. The Morgan fingerprint density at radius 3 is 2.81 bits per heavy atom. The lowest BCUT2D eigenvalue weighted by Gasteiger charge is -2.38. The van der Waals surface area contributed by atoms with E-state index in [2.05, 4.69) is 50.7 Å². The van der Waals surface area contributed by atoms with Gasteiger partial charge >= 0.3 is 0 Å². The Morgan fingerprint density at radius 2 is 2.00 bits per heavy atom. The Hall–Kier alpha value is -3.73. The van der Waals surface area contributed by atoms with Gasteiger partial charge in [0.05, 0.1) is 29.3 Å². The molecule has 5 rings (SSSR count). The van der Waals surface area contributed by atoms with E-state index in [4.69, 9.17) is 4.98 Å². The van der Waals surface area contributed by atoms with Gasteiger partial charge in [0.25, 0.3) is 0 Å². The first-order valence-electron chi connectivity index (χ1n) is 10.3. The highest BCUT2D eigenvalue weighted by Crippen LogP contribution is 2.34. The van der Waals surface area contributed by atoms with Gasteiger partial charge in [0.1, 0.15) is 11.6 Å². The zero-order valence-electron chi connectivity index (χ0n) is 17.4. The molecule has 0 bridgehead atoms. The lowest BCUT2D eigenvalue weighted by molar-refractivity contribution is 0.288. The summed E-state index contributed by atoms with van der Waals surface area (Å²) in [5.41, 5.74) is 3.43. The van der Waals surface area contributed by atoms with Crippen LogP contribution in [-0.2, 0) is 0 Å². The predicted molar refractivity (Wildman–Crippen MR) is 118 cm³/mol. The van der Waals surface area contributed by atoms with Crippen molar-refractivity contribution in [2.75, 3.05) is 29.4 Å². The van der Waals surface area contributed by atoms with Crippen molar-refractivity contribution in [1.29, 1.82) is 5.26 Å². The predicted octanol–water partition coefficient (Wildman–Crippen LogP) is 3.31. The smallest absolute Gasteiger partial charge is 0.217 e. The van der Waals surface area contributed by atoms with Crippen molar-refractivity contribution in [3.05, 3.63) is 60.0 Å². The van der Waals surface area contributed by atoms with Crippen LogP contribution in [0.15, 0.2) is 53.7 Å². The first kappa shape index (κ1) is 19.2. The summed E-state index contributed by atoms with van der Waals surface area (Å²) in [6.07, 6.45) is 3.70. The highest BCUT2D eigenvalue weighted by atomic mass is 19.1. The summed E-state index contributed by atoms with van der Waals surface area (Å²) in [7, 11) is 0. The average Bonchev–Trinajstić information content (AvgIpc) is 3.05. The number of hydrogen-bond acceptors (Lipinski definition) is 5. The van der Waals surface area contributed by atoms with E-state index in [0.29, 0.717) is 17.0 Å². The van der Waals surface area contributed by atoms with Gasteiger partial charge in [-0.05, 0) is 37.6 Å². The molecule has 2 aliphatic heterocycles. The van der Waals surface area contributed by atoms with Gasteiger partial charge in [0, 0.05) is 31.4 Å². The van der Waals surface area contributed by atoms with Crippen LogP contribution in [0.5, 0.6) is 0 Å². The number of halogens is 1. The maximum Gasteiger partial charge on any atom is 0.217 e. The Bertz CT molecular complexity index is 1220. The molecule has 0 amide bonds. The van der Waals surface area contributed by atoms with Crippen LogP contribution in [0.3, 0.4) is 0 Å². The highest BCUT2D eigenvalue weighted by Gasteiger charge is 2.45. The first-order chi connectivity index (χ1) is 15.1. The number of guanidine groups is 1. The van der Waals surface area contributed by atoms with Crippen LogP contribution in [0, 0.1) is 24.2 Å². The molecule has 2 saturated heterocycles. The van der Waals surface area contributed by atoms with E-state index < -0.39 is 0 Å². The molecule has 31 heavy (non-hydrogen) atoms. The van der Waals surface area contributed by atoms with Gasteiger partial charge in [-0.2, -0.15) is 5.26 Å². The van der Waals surface area contributed by atoms with Gasteiger partial charge in [0.2, 0.25) is 12.2 Å². The summed E-state index contributed by atoms with van der Waals surface area (Å²) in [6, 6.07) is 12.9. The van der Waals surface area contributed by atoms with Gasteiger partial charge < -0.3 is 14.7 Å². The molecular weight excluding hydrogens is 393 g/mol. The number of benzene rings is 2. The second kappa shape index (κ2) is 7.51. The summed E-state index contributed by atoms with van der Waals surface area (Å²) in [5.74, 6) is 1.16. The number of fused-ring (bicyclic) bond motifs is 2. The van der Waals surface area contributed by atoms with Gasteiger partial charge in [0.15, 0.2) is 0 Å². The van der Waals surface area contributed by atoms with Crippen molar-refractivity contribution in [1.82, 2.24) is 14.9 Å². The van der Waals surface area contributed by atoms with Crippen LogP contribution in [0.4, 0.5) is 15.9 Å². The van der Waals surface area contributed by atoms with Crippen molar-refractivity contribution in [3.8, 4) is 6.19 Å². The van der Waals surface area contributed by atoms with Gasteiger partial charge in [-0.1, -0.05) is 18.2 Å². The van der Waals surface area contributed by atoms with Crippen molar-refractivity contribution < 1.29 is 4.39 Å². The number of para-hydroxylation sites is 1. The van der Waals surface area contributed by atoms with Crippen molar-refractivity contribution in [2.24, 2.45) is 4.99 Å². The number of aromatic nitrogens is 2. The van der Waals surface area contributed by atoms with Gasteiger partial charge in [-0.25, -0.2) is 9.37 Å². The summed E-state index contributed by atoms with van der Waals surface area (Å²) in [6.45, 7) is 6.43. The summed E-state index contributed by atoms with van der Waals surface area (Å²) in [4.78, 5) is 19.9. The number of anilines is 2. The minimum absolute atomic E-state index is 0.124. The molecule has 3 heterocycles. The number of rotatable bonds is 2. The van der Waals surface area contributed by atoms with E-state index in [9.17, 15) is 9.65 Å². The molecule has 2 aromatic carbocycles. The van der Waals surface area contributed by atoms with Crippen molar-refractivity contribution >= 4 is 28.5 Å². The van der Waals surface area contributed by atoms with Crippen LogP contribution in [0.25, 0.3) is 11.0 Å². The van der Waals surface area contributed by atoms with E-state index in [1.165, 1.54) is 12.1 Å². The van der Waals surface area contributed by atoms with Crippen molar-refractivity contribution in [3.63, 3.8) is 0 Å². The molecule has 0 aliphatic carbocycles. The number of aryl methyl sites for hydroxylation is 1. The SMILES string of the molecule is Cc1ccccc1N1C(=NC#N)N2CCN(c3cnc4cc(F)ccc4n3)CC2C1C. The van der Waals surface area contributed by atoms with Crippen LogP contribution < -0.4 is 9.80 Å². The Labute approximate surface area is 180 Å². The molecular formula is C23H22FN7. The number of piperazine rings is 1. The summed E-state index contributed by atoms with van der Waals surface area (Å²) < 4.78 is 13.5. The zero-order valence-corrected chi connectivity index (χ0v) is 17.4. The third kappa shape index (κ3) is 3.22. The number of aliphatic imine (C=N–C) groups is 1. The van der Waals surface area contributed by atoms with Gasteiger partial charge in [-0.15, -0.1) is 4.99 Å². The minimum atomic E-state index is -0.316. The third-order valence-corrected chi connectivity index (χ3v) is 6.20. The van der Waals surface area contributed by atoms with Crippen LogP contribution in [0.2, 0.25) is 0 Å². The number of nitrogens with zero attached hydrogens (tertiary/aromatic N) is 7. The average molecular weight is 415 g/mol. The molecule has 7 nitrogen and oxygen atoms in total. The minimum Gasteiger partial charge on any atom is -0.351 e. The maximum absolute atomic E-state index is 13.5. The van der Waals surface area contributed by atoms with Crippen LogP contribution in [0.1, 0.15) is 12.5 Å². The maximum atomic E-state index is 13.5. The Balaban J connectivity index is 1.47. The highest BCUT2D eigenvalue weighted by molar-refractivity contribution is 6.00. The molecule has 156 valence electrons. The Morgan fingerprint density at radius 1 is 1.16 bits per heavy atom. The van der Waals surface area contributed by atoms with E-state index in [1.807, 2.05) is 18.3 Å². The largest absolute Gasteiger partial charge is 0.351 e. The number of nitriles is 1. The molecule has 2 unspecified atom stereocenters. The second-order valence-corrected chi connectivity index (χ2v) is 7.98. The van der Waals surface area contributed by atoms with Gasteiger partial charge in [-0.3, -0.25) is 4.98 Å². The monoisotopic (exact) mass is 415 g/mol. The molecule has 2 fully saturated rings. The molecule has 0 radical (unpaired) electrons. The lowest BCUT2D eigenvalue weighted by atomic mass is 10.1.